The van der Waals surface area contributed by atoms with E-state index < -0.39 is 0 Å². The largest absolute Gasteiger partial charge is 0.467 e. The Balaban J connectivity index is 1.26. The van der Waals surface area contributed by atoms with E-state index in [4.69, 9.17) is 4.42 Å². The molecule has 0 spiro atoms. The fourth-order valence-corrected chi connectivity index (χ4v) is 3.87. The molecule has 2 N–H and O–H groups in total. The van der Waals surface area contributed by atoms with Crippen LogP contribution < -0.4 is 10.6 Å². The lowest BCUT2D eigenvalue weighted by Crippen LogP contribution is -2.47. The molecule has 6 nitrogen and oxygen atoms in total. The summed E-state index contributed by atoms with van der Waals surface area (Å²) in [7, 11) is 0. The van der Waals surface area contributed by atoms with Gasteiger partial charge in [-0.15, -0.1) is 0 Å². The van der Waals surface area contributed by atoms with Crippen LogP contribution in [0.1, 0.15) is 43.0 Å². The molecule has 1 aliphatic heterocycles. The Labute approximate surface area is 165 Å². The van der Waals surface area contributed by atoms with Gasteiger partial charge >= 0.3 is 6.03 Å². The highest BCUT2D eigenvalue weighted by Gasteiger charge is 2.35. The number of nitrogens with one attached hydrogen (secondary N) is 2. The summed E-state index contributed by atoms with van der Waals surface area (Å²) in [6.45, 7) is 1.58. The van der Waals surface area contributed by atoms with Crippen LogP contribution in [0.4, 0.5) is 4.79 Å². The van der Waals surface area contributed by atoms with Gasteiger partial charge in [-0.3, -0.25) is 4.79 Å². The Morgan fingerprint density at radius 2 is 1.79 bits per heavy atom. The zero-order valence-corrected chi connectivity index (χ0v) is 16.0. The van der Waals surface area contributed by atoms with Crippen LogP contribution in [0.15, 0.2) is 53.1 Å². The van der Waals surface area contributed by atoms with E-state index in [9.17, 15) is 9.59 Å². The lowest BCUT2D eigenvalue weighted by Gasteiger charge is -2.32. The first-order chi connectivity index (χ1) is 13.7. The van der Waals surface area contributed by atoms with Crippen molar-refractivity contribution in [2.45, 2.75) is 38.3 Å². The number of hydrogen-bond acceptors (Lipinski definition) is 3. The highest BCUT2D eigenvalue weighted by atomic mass is 16.3. The number of rotatable bonds is 6. The van der Waals surface area contributed by atoms with Gasteiger partial charge in [-0.05, 0) is 49.3 Å². The van der Waals surface area contributed by atoms with Gasteiger partial charge in [0.05, 0.1) is 18.8 Å². The number of carbonyl (C=O) groups is 2. The molecule has 2 aromatic rings. The number of benzene rings is 1. The standard InChI is InChI=1S/C22H27N3O3/c26-21(24-20(17-8-9-17)16-5-2-1-3-6-16)18-10-12-25(13-11-18)22(27)23-15-19-7-4-14-28-19/h1-7,14,17-18,20H,8-13,15H2,(H,23,27)(H,24,26)/t20-/m1/s1. The maximum absolute atomic E-state index is 12.8. The summed E-state index contributed by atoms with van der Waals surface area (Å²) in [4.78, 5) is 26.9. The van der Waals surface area contributed by atoms with Crippen LogP contribution in [0.3, 0.4) is 0 Å². The van der Waals surface area contributed by atoms with Crippen LogP contribution in [0.2, 0.25) is 0 Å². The first-order valence-corrected chi connectivity index (χ1v) is 10.1. The zero-order chi connectivity index (χ0) is 19.3. The number of amides is 3. The molecule has 2 aliphatic rings. The van der Waals surface area contributed by atoms with Crippen molar-refractivity contribution in [3.05, 3.63) is 60.1 Å². The molecule has 6 heteroatoms. The van der Waals surface area contributed by atoms with E-state index >= 15 is 0 Å². The second kappa shape index (κ2) is 8.50. The van der Waals surface area contributed by atoms with Gasteiger partial charge in [-0.1, -0.05) is 30.3 Å². The van der Waals surface area contributed by atoms with Crippen LogP contribution in [-0.4, -0.2) is 29.9 Å². The Bertz CT molecular complexity index is 779. The topological polar surface area (TPSA) is 74.6 Å². The smallest absolute Gasteiger partial charge is 0.317 e. The number of carbonyl (C=O) groups excluding carboxylic acids is 2. The van der Waals surface area contributed by atoms with E-state index in [1.807, 2.05) is 24.3 Å². The summed E-state index contributed by atoms with van der Waals surface area (Å²) in [5.74, 6) is 1.38. The number of nitrogens with zero attached hydrogens (tertiary/aromatic N) is 1. The third-order valence-electron chi connectivity index (χ3n) is 5.70. The van der Waals surface area contributed by atoms with Crippen molar-refractivity contribution < 1.29 is 14.0 Å². The van der Waals surface area contributed by atoms with Crippen molar-refractivity contribution in [2.75, 3.05) is 13.1 Å². The Hall–Kier alpha value is -2.76. The van der Waals surface area contributed by atoms with Gasteiger partial charge in [0.15, 0.2) is 0 Å². The van der Waals surface area contributed by atoms with Crippen molar-refractivity contribution in [3.8, 4) is 0 Å². The quantitative estimate of drug-likeness (QED) is 0.805. The first kappa shape index (κ1) is 18.6. The summed E-state index contributed by atoms with van der Waals surface area (Å²) in [6, 6.07) is 13.9. The predicted octanol–water partition coefficient (Wildman–Crippen LogP) is 3.47. The summed E-state index contributed by atoms with van der Waals surface area (Å²) >= 11 is 0. The molecular weight excluding hydrogens is 354 g/mol. The lowest BCUT2D eigenvalue weighted by atomic mass is 9.94. The minimum atomic E-state index is -0.101. The van der Waals surface area contributed by atoms with Gasteiger partial charge in [0, 0.05) is 19.0 Å². The van der Waals surface area contributed by atoms with Gasteiger partial charge in [0.2, 0.25) is 5.91 Å². The molecule has 3 amide bonds. The van der Waals surface area contributed by atoms with E-state index in [1.165, 1.54) is 18.4 Å². The Kier molecular flexibility index (Phi) is 5.65. The van der Waals surface area contributed by atoms with Gasteiger partial charge in [0.25, 0.3) is 0 Å². The van der Waals surface area contributed by atoms with Crippen LogP contribution in [0.25, 0.3) is 0 Å². The molecule has 4 rings (SSSR count). The number of urea groups is 1. The lowest BCUT2D eigenvalue weighted by molar-refractivity contribution is -0.127. The van der Waals surface area contributed by atoms with Crippen molar-refractivity contribution in [2.24, 2.45) is 11.8 Å². The number of hydrogen-bond donors (Lipinski definition) is 2. The highest BCUT2D eigenvalue weighted by molar-refractivity contribution is 5.80. The fourth-order valence-electron chi connectivity index (χ4n) is 3.87. The molecule has 0 bridgehead atoms. The number of furan rings is 1. The van der Waals surface area contributed by atoms with Crippen LogP contribution in [-0.2, 0) is 11.3 Å². The molecule has 1 saturated carbocycles. The number of piperidine rings is 1. The fraction of sp³-hybridized carbons (Fsp3) is 0.455. The second-order valence-corrected chi connectivity index (χ2v) is 7.73. The van der Waals surface area contributed by atoms with E-state index in [1.54, 1.807) is 17.2 Å². The van der Waals surface area contributed by atoms with Gasteiger partial charge in [0.1, 0.15) is 5.76 Å². The molecule has 2 heterocycles. The van der Waals surface area contributed by atoms with Gasteiger partial charge < -0.3 is 20.0 Å². The van der Waals surface area contributed by atoms with E-state index in [0.717, 1.165) is 5.76 Å². The summed E-state index contributed by atoms with van der Waals surface area (Å²) in [6.07, 6.45) is 5.34. The molecule has 1 atom stereocenters. The van der Waals surface area contributed by atoms with E-state index in [0.29, 0.717) is 38.4 Å². The number of likely N-dealkylation sites (tertiary alicyclic amines) is 1. The van der Waals surface area contributed by atoms with Crippen LogP contribution in [0, 0.1) is 11.8 Å². The van der Waals surface area contributed by atoms with Gasteiger partial charge in [-0.25, -0.2) is 4.79 Å². The highest BCUT2D eigenvalue weighted by Crippen LogP contribution is 2.41. The van der Waals surface area contributed by atoms with Crippen molar-refractivity contribution >= 4 is 11.9 Å². The Morgan fingerprint density at radius 1 is 1.04 bits per heavy atom. The summed E-state index contributed by atoms with van der Waals surface area (Å²) < 4.78 is 5.23. The van der Waals surface area contributed by atoms with Gasteiger partial charge in [-0.2, -0.15) is 0 Å². The van der Waals surface area contributed by atoms with Crippen molar-refractivity contribution in [3.63, 3.8) is 0 Å². The molecule has 0 radical (unpaired) electrons. The minimum Gasteiger partial charge on any atom is -0.467 e. The molecule has 148 valence electrons. The molecule has 1 aliphatic carbocycles. The molecule has 2 fully saturated rings. The van der Waals surface area contributed by atoms with Crippen LogP contribution in [0.5, 0.6) is 0 Å². The second-order valence-electron chi connectivity index (χ2n) is 7.73. The molecule has 28 heavy (non-hydrogen) atoms. The predicted molar refractivity (Wildman–Crippen MR) is 105 cm³/mol. The van der Waals surface area contributed by atoms with Crippen molar-refractivity contribution in [1.82, 2.24) is 15.5 Å². The van der Waals surface area contributed by atoms with Crippen molar-refractivity contribution in [1.29, 1.82) is 0 Å². The Morgan fingerprint density at radius 3 is 2.43 bits per heavy atom. The average molecular weight is 381 g/mol. The summed E-state index contributed by atoms with van der Waals surface area (Å²) in [5, 5.41) is 6.15. The normalized spacial score (nSPS) is 18.5. The average Bonchev–Trinajstić information content (AvgIpc) is 3.45. The van der Waals surface area contributed by atoms with E-state index in [2.05, 4.69) is 22.8 Å². The van der Waals surface area contributed by atoms with Crippen LogP contribution >= 0.6 is 0 Å². The minimum absolute atomic E-state index is 0.0286. The monoisotopic (exact) mass is 381 g/mol. The third-order valence-corrected chi connectivity index (χ3v) is 5.70. The molecule has 1 saturated heterocycles. The first-order valence-electron chi connectivity index (χ1n) is 10.1. The molecular formula is C22H27N3O3. The maximum atomic E-state index is 12.8. The molecule has 0 unspecified atom stereocenters. The molecule has 1 aromatic carbocycles. The van der Waals surface area contributed by atoms with E-state index in [-0.39, 0.29) is 23.9 Å². The third kappa shape index (κ3) is 4.55. The maximum Gasteiger partial charge on any atom is 0.317 e. The summed E-state index contributed by atoms with van der Waals surface area (Å²) in [5.41, 5.74) is 1.19. The SMILES string of the molecule is O=C(N[C@H](c1ccccc1)C1CC1)C1CCN(C(=O)NCc2ccco2)CC1. The zero-order valence-electron chi connectivity index (χ0n) is 16.0. The molecule has 1 aromatic heterocycles.